The average molecular weight is 491 g/mol. The summed E-state index contributed by atoms with van der Waals surface area (Å²) in [5.74, 6) is -5.54. The SMILES string of the molecule is CC(=O)O[C@H]1[C@@H](C)[C@@H]([C@@H](C)[C@H](C)O)OC(=O)[C@H](C)[C@@H](O)[C@H](C)[C@@H](O)[C@@H](C)C[C@](C)(O)[C@H](O)[C@H]1C. The number of aliphatic hydroxyl groups is 5. The van der Waals surface area contributed by atoms with Crippen molar-refractivity contribution in [2.24, 2.45) is 35.5 Å². The van der Waals surface area contributed by atoms with Crippen LogP contribution in [0.15, 0.2) is 0 Å². The van der Waals surface area contributed by atoms with Gasteiger partial charge in [0.15, 0.2) is 0 Å². The van der Waals surface area contributed by atoms with Crippen LogP contribution in [0, 0.1) is 35.5 Å². The molecule has 0 aliphatic carbocycles. The van der Waals surface area contributed by atoms with E-state index in [1.807, 2.05) is 0 Å². The van der Waals surface area contributed by atoms with E-state index >= 15 is 0 Å². The van der Waals surface area contributed by atoms with Gasteiger partial charge in [-0.3, -0.25) is 9.59 Å². The van der Waals surface area contributed by atoms with Crippen LogP contribution < -0.4 is 0 Å². The smallest absolute Gasteiger partial charge is 0.311 e. The van der Waals surface area contributed by atoms with Gasteiger partial charge in [0.25, 0.3) is 0 Å². The molecule has 200 valence electrons. The van der Waals surface area contributed by atoms with Crippen LogP contribution in [0.2, 0.25) is 0 Å². The summed E-state index contributed by atoms with van der Waals surface area (Å²) in [4.78, 5) is 25.0. The van der Waals surface area contributed by atoms with Crippen molar-refractivity contribution in [3.8, 4) is 0 Å². The van der Waals surface area contributed by atoms with Gasteiger partial charge in [0.1, 0.15) is 12.2 Å². The number of ether oxygens (including phenoxy) is 2. The third-order valence-electron chi connectivity index (χ3n) is 7.80. The van der Waals surface area contributed by atoms with Gasteiger partial charge in [-0.05, 0) is 33.1 Å². The minimum Gasteiger partial charge on any atom is -0.462 e. The molecule has 1 saturated heterocycles. The van der Waals surface area contributed by atoms with Gasteiger partial charge in [-0.1, -0.05) is 34.6 Å². The maximum Gasteiger partial charge on any atom is 0.311 e. The highest BCUT2D eigenvalue weighted by atomic mass is 16.6. The van der Waals surface area contributed by atoms with E-state index in [1.165, 1.54) is 20.8 Å². The van der Waals surface area contributed by atoms with Gasteiger partial charge in [0.05, 0.1) is 35.9 Å². The molecule has 34 heavy (non-hydrogen) atoms. The number of aliphatic hydroxyl groups excluding tert-OH is 4. The fraction of sp³-hybridized carbons (Fsp3) is 0.920. The lowest BCUT2D eigenvalue weighted by atomic mass is 9.73. The Kier molecular flexibility index (Phi) is 11.0. The van der Waals surface area contributed by atoms with Gasteiger partial charge in [0.2, 0.25) is 0 Å². The Labute approximate surface area is 203 Å². The number of cyclic esters (lactones) is 1. The minimum absolute atomic E-state index is 0.00420. The van der Waals surface area contributed by atoms with Crippen molar-refractivity contribution in [1.82, 2.24) is 0 Å². The summed E-state index contributed by atoms with van der Waals surface area (Å²) in [7, 11) is 0. The monoisotopic (exact) mass is 490 g/mol. The standard InChI is InChI=1S/C25H46O9/c1-11-10-25(9,32)23(30)16(6)22(33-18(8)27)15(5)21(12(2)17(7)26)34-24(31)14(4)20(29)13(3)19(11)28/h11-17,19-23,26,28-30,32H,10H2,1-9H3/t11-,12-,13+,14+,15-,16-,17-,19-,20-,21+,22-,23+,25-/m0/s1. The van der Waals surface area contributed by atoms with Crippen molar-refractivity contribution >= 4 is 11.9 Å². The first-order valence-electron chi connectivity index (χ1n) is 12.3. The molecule has 1 heterocycles. The molecule has 0 aromatic heterocycles. The van der Waals surface area contributed by atoms with Crippen LogP contribution in [0.25, 0.3) is 0 Å². The number of hydrogen-bond donors (Lipinski definition) is 5. The van der Waals surface area contributed by atoms with E-state index in [4.69, 9.17) is 9.47 Å². The van der Waals surface area contributed by atoms with Gasteiger partial charge in [-0.2, -0.15) is 0 Å². The highest BCUT2D eigenvalue weighted by Gasteiger charge is 2.47. The Bertz CT molecular complexity index is 679. The molecular weight excluding hydrogens is 444 g/mol. The van der Waals surface area contributed by atoms with Crippen molar-refractivity contribution in [1.29, 1.82) is 0 Å². The summed E-state index contributed by atoms with van der Waals surface area (Å²) >= 11 is 0. The third kappa shape index (κ3) is 7.13. The lowest BCUT2D eigenvalue weighted by Crippen LogP contribution is -2.54. The summed E-state index contributed by atoms with van der Waals surface area (Å²) in [5.41, 5.74) is -1.65. The highest BCUT2D eigenvalue weighted by Crippen LogP contribution is 2.36. The van der Waals surface area contributed by atoms with Crippen molar-refractivity contribution in [2.45, 2.75) is 111 Å². The summed E-state index contributed by atoms with van der Waals surface area (Å²) in [6.45, 7) is 14.1. The van der Waals surface area contributed by atoms with Gasteiger partial charge in [-0.15, -0.1) is 0 Å². The molecule has 0 aromatic rings. The molecule has 0 amide bonds. The Hall–Kier alpha value is -1.26. The second-order valence-electron chi connectivity index (χ2n) is 10.9. The van der Waals surface area contributed by atoms with Crippen LogP contribution in [-0.2, 0) is 19.1 Å². The molecule has 0 saturated carbocycles. The Balaban J connectivity index is 3.61. The second kappa shape index (κ2) is 12.1. The largest absolute Gasteiger partial charge is 0.462 e. The molecule has 1 aliphatic heterocycles. The molecule has 9 heteroatoms. The van der Waals surface area contributed by atoms with E-state index < -0.39 is 89.7 Å². The van der Waals surface area contributed by atoms with Crippen molar-refractivity contribution < 1.29 is 44.6 Å². The quantitative estimate of drug-likeness (QED) is 0.368. The predicted molar refractivity (Wildman–Crippen MR) is 125 cm³/mol. The zero-order valence-electron chi connectivity index (χ0n) is 22.0. The molecule has 1 rings (SSSR count). The summed E-state index contributed by atoms with van der Waals surface area (Å²) < 4.78 is 11.4. The number of rotatable bonds is 3. The Morgan fingerprint density at radius 1 is 1.03 bits per heavy atom. The molecule has 0 unspecified atom stereocenters. The minimum atomic E-state index is -1.65. The van der Waals surface area contributed by atoms with Crippen LogP contribution in [0.1, 0.15) is 68.7 Å². The average Bonchev–Trinajstić information content (AvgIpc) is 2.75. The third-order valence-corrected chi connectivity index (χ3v) is 7.80. The van der Waals surface area contributed by atoms with E-state index in [1.54, 1.807) is 41.5 Å². The van der Waals surface area contributed by atoms with E-state index in [-0.39, 0.29) is 6.42 Å². The maximum absolute atomic E-state index is 13.0. The zero-order chi connectivity index (χ0) is 26.7. The topological polar surface area (TPSA) is 154 Å². The van der Waals surface area contributed by atoms with Crippen LogP contribution >= 0.6 is 0 Å². The van der Waals surface area contributed by atoms with Crippen molar-refractivity contribution in [3.05, 3.63) is 0 Å². The van der Waals surface area contributed by atoms with Gasteiger partial charge in [0, 0.05) is 30.6 Å². The van der Waals surface area contributed by atoms with E-state index in [2.05, 4.69) is 0 Å². The van der Waals surface area contributed by atoms with E-state index in [0.29, 0.717) is 0 Å². The number of carbonyl (C=O) groups excluding carboxylic acids is 2. The van der Waals surface area contributed by atoms with E-state index in [0.717, 1.165) is 0 Å². The number of esters is 2. The van der Waals surface area contributed by atoms with Crippen LogP contribution in [0.4, 0.5) is 0 Å². The predicted octanol–water partition coefficient (Wildman–Crippen LogP) is 1.26. The second-order valence-corrected chi connectivity index (χ2v) is 10.9. The molecule has 9 nitrogen and oxygen atoms in total. The lowest BCUT2D eigenvalue weighted by Gasteiger charge is -2.43. The van der Waals surface area contributed by atoms with Gasteiger partial charge in [-0.25, -0.2) is 0 Å². The van der Waals surface area contributed by atoms with Crippen LogP contribution in [-0.4, -0.2) is 79.7 Å². The first kappa shape index (κ1) is 30.8. The summed E-state index contributed by atoms with van der Waals surface area (Å²) in [6.07, 6.45) is -6.41. The van der Waals surface area contributed by atoms with Gasteiger partial charge >= 0.3 is 11.9 Å². The zero-order valence-corrected chi connectivity index (χ0v) is 22.0. The molecule has 13 atom stereocenters. The van der Waals surface area contributed by atoms with Crippen LogP contribution in [0.3, 0.4) is 0 Å². The molecule has 0 bridgehead atoms. The molecule has 1 aliphatic rings. The number of hydrogen-bond acceptors (Lipinski definition) is 9. The molecule has 1 fully saturated rings. The fourth-order valence-corrected chi connectivity index (χ4v) is 5.24. The van der Waals surface area contributed by atoms with E-state index in [9.17, 15) is 35.1 Å². The first-order valence-corrected chi connectivity index (χ1v) is 12.3. The summed E-state index contributed by atoms with van der Waals surface area (Å²) in [6, 6.07) is 0. The Morgan fingerprint density at radius 3 is 2.03 bits per heavy atom. The van der Waals surface area contributed by atoms with Crippen molar-refractivity contribution in [3.63, 3.8) is 0 Å². The fourth-order valence-electron chi connectivity index (χ4n) is 5.24. The molecule has 0 radical (unpaired) electrons. The Morgan fingerprint density at radius 2 is 1.56 bits per heavy atom. The molecular formula is C25H46O9. The van der Waals surface area contributed by atoms with Gasteiger partial charge < -0.3 is 35.0 Å². The molecule has 0 spiro atoms. The summed E-state index contributed by atoms with van der Waals surface area (Å²) in [5, 5.41) is 54.2. The lowest BCUT2D eigenvalue weighted by molar-refractivity contribution is -0.187. The molecule has 0 aromatic carbocycles. The highest BCUT2D eigenvalue weighted by molar-refractivity contribution is 5.73. The first-order chi connectivity index (χ1) is 15.4. The van der Waals surface area contributed by atoms with Crippen LogP contribution in [0.5, 0.6) is 0 Å². The van der Waals surface area contributed by atoms with Crippen molar-refractivity contribution in [2.75, 3.05) is 0 Å². The molecule has 5 N–H and O–H groups in total. The number of carbonyl (C=O) groups is 2. The normalized spacial score (nSPS) is 44.9. The maximum atomic E-state index is 13.0.